The highest BCUT2D eigenvalue weighted by molar-refractivity contribution is 7.51. The lowest BCUT2D eigenvalue weighted by molar-refractivity contribution is -0.0624. The minimum Gasteiger partial charge on any atom is -0.447 e. The van der Waals surface area contributed by atoms with Gasteiger partial charge >= 0.3 is 13.7 Å². The molecular weight excluding hydrogens is 465 g/mol. The number of amides is 1. The van der Waals surface area contributed by atoms with Gasteiger partial charge in [-0.3, -0.25) is 4.57 Å². The second-order valence-corrected chi connectivity index (χ2v) is 10.1. The van der Waals surface area contributed by atoms with E-state index < -0.39 is 13.7 Å². The number of carbonyl (C=O) groups is 1. The van der Waals surface area contributed by atoms with Crippen LogP contribution in [0.15, 0.2) is 0 Å². The molecule has 204 valence electrons. The zero-order chi connectivity index (χ0) is 25.3. The lowest BCUT2D eigenvalue weighted by Crippen LogP contribution is -2.33. The van der Waals surface area contributed by atoms with E-state index in [-0.39, 0.29) is 12.7 Å². The lowest BCUT2D eigenvalue weighted by atomic mass is 10.1. The minimum absolute atomic E-state index is 0.121. The summed E-state index contributed by atoms with van der Waals surface area (Å²) in [6, 6.07) is 0. The Hall–Kier alpha value is -0.740. The molecule has 11 heteroatoms. The largest absolute Gasteiger partial charge is 0.447 e. The molecule has 2 atom stereocenters. The fourth-order valence-electron chi connectivity index (χ4n) is 3.08. The van der Waals surface area contributed by atoms with Crippen LogP contribution in [0.4, 0.5) is 4.79 Å². The summed E-state index contributed by atoms with van der Waals surface area (Å²) >= 11 is 0. The Morgan fingerprint density at radius 1 is 0.794 bits per heavy atom. The number of rotatable bonds is 25. The Morgan fingerprint density at radius 2 is 1.35 bits per heavy atom. The van der Waals surface area contributed by atoms with Crippen LogP contribution in [0.5, 0.6) is 0 Å². The molecule has 0 bridgehead atoms. The third kappa shape index (κ3) is 25.9. The molecule has 0 saturated heterocycles. The van der Waals surface area contributed by atoms with E-state index in [0.29, 0.717) is 46.2 Å². The van der Waals surface area contributed by atoms with Gasteiger partial charge in [-0.25, -0.2) is 4.79 Å². The standard InChI is InChI=1S/C23H48NO9P/c1-28-16-18-30-20-22(31-19-17-29-2)21-32-23(25)24-14-12-10-8-6-4-5-7-9-11-13-15-33-34(3,26)27/h22H,4-21H2,1-3H3,(H,24,25)(H,26,27). The zero-order valence-electron chi connectivity index (χ0n) is 21.5. The first-order valence-corrected chi connectivity index (χ1v) is 14.4. The molecule has 0 heterocycles. The lowest BCUT2D eigenvalue weighted by Gasteiger charge is -2.18. The van der Waals surface area contributed by atoms with Crippen molar-refractivity contribution in [2.24, 2.45) is 0 Å². The van der Waals surface area contributed by atoms with Crippen LogP contribution in [-0.2, 0) is 32.8 Å². The first kappa shape index (κ1) is 33.3. The highest BCUT2D eigenvalue weighted by Crippen LogP contribution is 2.36. The minimum atomic E-state index is -3.32. The summed E-state index contributed by atoms with van der Waals surface area (Å²) in [6.45, 7) is 4.44. The van der Waals surface area contributed by atoms with Crippen LogP contribution in [-0.4, -0.2) is 90.8 Å². The smallest absolute Gasteiger partial charge is 0.407 e. The van der Waals surface area contributed by atoms with Crippen LogP contribution >= 0.6 is 7.60 Å². The van der Waals surface area contributed by atoms with E-state index >= 15 is 0 Å². The van der Waals surface area contributed by atoms with Gasteiger partial charge in [0.05, 0.1) is 39.6 Å². The highest BCUT2D eigenvalue weighted by atomic mass is 31.2. The Labute approximate surface area is 205 Å². The van der Waals surface area contributed by atoms with Gasteiger partial charge in [-0.2, -0.15) is 0 Å². The number of ether oxygens (including phenoxy) is 5. The molecular formula is C23H48NO9P. The summed E-state index contributed by atoms with van der Waals surface area (Å²) in [6.07, 6.45) is 10.2. The Balaban J connectivity index is 3.57. The van der Waals surface area contributed by atoms with E-state index in [0.717, 1.165) is 38.5 Å². The Morgan fingerprint density at radius 3 is 1.94 bits per heavy atom. The van der Waals surface area contributed by atoms with Crippen molar-refractivity contribution < 1.29 is 42.5 Å². The van der Waals surface area contributed by atoms with E-state index in [9.17, 15) is 9.36 Å². The molecule has 2 N–H and O–H groups in total. The topological polar surface area (TPSA) is 122 Å². The van der Waals surface area contributed by atoms with E-state index in [4.69, 9.17) is 33.1 Å². The van der Waals surface area contributed by atoms with Gasteiger partial charge in [-0.15, -0.1) is 0 Å². The average Bonchev–Trinajstić information content (AvgIpc) is 2.79. The normalized spacial score (nSPS) is 14.0. The fraction of sp³-hybridized carbons (Fsp3) is 0.957. The molecule has 1 amide bonds. The number of alkyl carbamates (subject to hydrolysis) is 1. The molecule has 0 aromatic carbocycles. The summed E-state index contributed by atoms with van der Waals surface area (Å²) in [5, 5.41) is 2.78. The van der Waals surface area contributed by atoms with Crippen LogP contribution in [0.2, 0.25) is 0 Å². The number of methoxy groups -OCH3 is 2. The van der Waals surface area contributed by atoms with Gasteiger partial charge < -0.3 is 38.4 Å². The van der Waals surface area contributed by atoms with Crippen LogP contribution in [0.1, 0.15) is 64.2 Å². The molecule has 2 unspecified atom stereocenters. The van der Waals surface area contributed by atoms with Gasteiger partial charge in [0.25, 0.3) is 0 Å². The molecule has 0 aromatic heterocycles. The number of nitrogens with one attached hydrogen (secondary N) is 1. The fourth-order valence-corrected chi connectivity index (χ4v) is 3.55. The van der Waals surface area contributed by atoms with Crippen molar-refractivity contribution in [1.82, 2.24) is 5.32 Å². The molecule has 0 aliphatic rings. The van der Waals surface area contributed by atoms with Crippen molar-refractivity contribution in [3.8, 4) is 0 Å². The molecule has 0 aromatic rings. The van der Waals surface area contributed by atoms with E-state index in [1.165, 1.54) is 32.3 Å². The Kier molecular flexibility index (Phi) is 23.5. The molecule has 0 spiro atoms. The molecule has 10 nitrogen and oxygen atoms in total. The van der Waals surface area contributed by atoms with Gasteiger partial charge in [-0.1, -0.05) is 51.4 Å². The van der Waals surface area contributed by atoms with Gasteiger partial charge in [0.15, 0.2) is 0 Å². The summed E-state index contributed by atoms with van der Waals surface area (Å²) in [7, 11) is -0.108. The van der Waals surface area contributed by atoms with Gasteiger partial charge in [0, 0.05) is 27.4 Å². The van der Waals surface area contributed by atoms with Crippen LogP contribution in [0, 0.1) is 0 Å². The predicted molar refractivity (Wildman–Crippen MR) is 132 cm³/mol. The van der Waals surface area contributed by atoms with Crippen molar-refractivity contribution in [3.63, 3.8) is 0 Å². The maximum Gasteiger partial charge on any atom is 0.407 e. The average molecular weight is 514 g/mol. The summed E-state index contributed by atoms with van der Waals surface area (Å²) in [5.74, 6) is 0. The second-order valence-electron chi connectivity index (χ2n) is 8.25. The molecule has 0 rings (SSSR count). The SMILES string of the molecule is COCCOCC(COC(=O)NCCCCCCCCCCCCOP(C)(=O)O)OCCOC. The predicted octanol–water partition coefficient (Wildman–Crippen LogP) is 4.14. The molecule has 0 aliphatic carbocycles. The maximum atomic E-state index is 11.9. The van der Waals surface area contributed by atoms with Crippen LogP contribution in [0.25, 0.3) is 0 Å². The molecule has 0 saturated carbocycles. The van der Waals surface area contributed by atoms with Crippen molar-refractivity contribution in [2.75, 3.05) is 73.7 Å². The second kappa shape index (κ2) is 24.0. The maximum absolute atomic E-state index is 11.9. The number of carbonyl (C=O) groups excluding carboxylic acids is 1. The molecule has 34 heavy (non-hydrogen) atoms. The van der Waals surface area contributed by atoms with Crippen LogP contribution < -0.4 is 5.32 Å². The Bertz CT molecular complexity index is 505. The van der Waals surface area contributed by atoms with Crippen molar-refractivity contribution in [2.45, 2.75) is 70.3 Å². The summed E-state index contributed by atoms with van der Waals surface area (Å²) in [5.41, 5.74) is 0. The van der Waals surface area contributed by atoms with Crippen LogP contribution in [0.3, 0.4) is 0 Å². The quantitative estimate of drug-likeness (QED) is 0.137. The van der Waals surface area contributed by atoms with Crippen molar-refractivity contribution in [1.29, 1.82) is 0 Å². The molecule has 0 fully saturated rings. The highest BCUT2D eigenvalue weighted by Gasteiger charge is 2.13. The summed E-state index contributed by atoms with van der Waals surface area (Å²) in [4.78, 5) is 20.9. The van der Waals surface area contributed by atoms with Gasteiger partial charge in [0.1, 0.15) is 12.7 Å². The number of hydrogen-bond acceptors (Lipinski definition) is 8. The van der Waals surface area contributed by atoms with Crippen molar-refractivity contribution >= 4 is 13.7 Å². The van der Waals surface area contributed by atoms with Gasteiger partial charge in [0.2, 0.25) is 0 Å². The van der Waals surface area contributed by atoms with E-state index in [2.05, 4.69) is 5.32 Å². The first-order valence-electron chi connectivity index (χ1n) is 12.4. The monoisotopic (exact) mass is 513 g/mol. The summed E-state index contributed by atoms with van der Waals surface area (Å²) < 4.78 is 42.1. The number of unbranched alkanes of at least 4 members (excludes halogenated alkanes) is 9. The number of hydrogen-bond donors (Lipinski definition) is 2. The molecule has 0 radical (unpaired) electrons. The first-order chi connectivity index (χ1) is 16.4. The third-order valence-electron chi connectivity index (χ3n) is 4.95. The van der Waals surface area contributed by atoms with E-state index in [1.807, 2.05) is 0 Å². The van der Waals surface area contributed by atoms with E-state index in [1.54, 1.807) is 14.2 Å². The van der Waals surface area contributed by atoms with Crippen molar-refractivity contribution in [3.05, 3.63) is 0 Å². The molecule has 0 aliphatic heterocycles. The third-order valence-corrected chi connectivity index (χ3v) is 5.61. The zero-order valence-corrected chi connectivity index (χ0v) is 22.4. The van der Waals surface area contributed by atoms with Gasteiger partial charge in [-0.05, 0) is 12.8 Å².